The van der Waals surface area contributed by atoms with Gasteiger partial charge in [0.2, 0.25) is 0 Å². The SMILES string of the molecule is ClCC1N=NNN1. The number of nitrogens with zero attached hydrogens (tertiary/aromatic N) is 2. The van der Waals surface area contributed by atoms with E-state index in [1.165, 1.54) is 0 Å². The smallest absolute Gasteiger partial charge is 0.154 e. The average molecular weight is 121 g/mol. The Morgan fingerprint density at radius 1 is 1.71 bits per heavy atom. The molecule has 0 saturated carbocycles. The number of halogens is 1. The van der Waals surface area contributed by atoms with Gasteiger partial charge in [-0.2, -0.15) is 5.43 Å². The molecular formula is C2H5ClN4. The molecule has 0 amide bonds. The maximum atomic E-state index is 5.35. The molecule has 4 nitrogen and oxygen atoms in total. The molecule has 0 aromatic carbocycles. The number of hydrogen-bond acceptors (Lipinski definition) is 4. The first-order chi connectivity index (χ1) is 3.43. The Balaban J connectivity index is 2.28. The summed E-state index contributed by atoms with van der Waals surface area (Å²) in [5.41, 5.74) is 5.14. The molecule has 1 rings (SSSR count). The van der Waals surface area contributed by atoms with Crippen molar-refractivity contribution in [1.82, 2.24) is 11.0 Å². The zero-order valence-electron chi connectivity index (χ0n) is 3.56. The third-order valence-corrected chi connectivity index (χ3v) is 0.917. The number of hydrazine groups is 1. The highest BCUT2D eigenvalue weighted by Crippen LogP contribution is 1.92. The maximum Gasteiger partial charge on any atom is 0.154 e. The van der Waals surface area contributed by atoms with E-state index in [1.807, 2.05) is 0 Å². The Labute approximate surface area is 45.9 Å². The molecule has 1 unspecified atom stereocenters. The van der Waals surface area contributed by atoms with Crippen LogP contribution in [-0.2, 0) is 0 Å². The van der Waals surface area contributed by atoms with Gasteiger partial charge in [-0.3, -0.25) is 0 Å². The molecule has 40 valence electrons. The van der Waals surface area contributed by atoms with Crippen molar-refractivity contribution in [3.63, 3.8) is 0 Å². The minimum Gasteiger partial charge on any atom is -0.222 e. The molecular weight excluding hydrogens is 116 g/mol. The quantitative estimate of drug-likeness (QED) is 0.480. The lowest BCUT2D eigenvalue weighted by Gasteiger charge is -1.95. The van der Waals surface area contributed by atoms with Gasteiger partial charge in [0.25, 0.3) is 0 Å². The Bertz CT molecular complexity index is 81.8. The highest BCUT2D eigenvalue weighted by atomic mass is 35.5. The number of hydrogen-bond donors (Lipinski definition) is 2. The Hall–Kier alpha value is -0.350. The molecule has 0 bridgehead atoms. The van der Waals surface area contributed by atoms with Crippen LogP contribution in [0.1, 0.15) is 0 Å². The van der Waals surface area contributed by atoms with Gasteiger partial charge in [0.1, 0.15) is 0 Å². The maximum absolute atomic E-state index is 5.35. The van der Waals surface area contributed by atoms with Gasteiger partial charge in [0.05, 0.1) is 5.88 Å². The molecule has 2 N–H and O–H groups in total. The molecule has 1 aliphatic heterocycles. The van der Waals surface area contributed by atoms with E-state index in [2.05, 4.69) is 21.3 Å². The second-order valence-corrected chi connectivity index (χ2v) is 1.45. The monoisotopic (exact) mass is 120 g/mol. The Morgan fingerprint density at radius 2 is 2.57 bits per heavy atom. The van der Waals surface area contributed by atoms with Gasteiger partial charge in [-0.1, -0.05) is 5.22 Å². The largest absolute Gasteiger partial charge is 0.222 e. The second kappa shape index (κ2) is 2.09. The predicted molar refractivity (Wildman–Crippen MR) is 25.6 cm³/mol. The van der Waals surface area contributed by atoms with Crippen LogP contribution in [0.3, 0.4) is 0 Å². The molecule has 0 radical (unpaired) electrons. The topological polar surface area (TPSA) is 48.8 Å². The van der Waals surface area contributed by atoms with Crippen molar-refractivity contribution < 1.29 is 0 Å². The molecule has 0 aliphatic carbocycles. The van der Waals surface area contributed by atoms with Crippen LogP contribution in [0.15, 0.2) is 10.3 Å². The average Bonchev–Trinajstić information content (AvgIpc) is 2.14. The summed E-state index contributed by atoms with van der Waals surface area (Å²) < 4.78 is 0. The molecule has 5 heteroatoms. The van der Waals surface area contributed by atoms with Crippen LogP contribution in [0.4, 0.5) is 0 Å². The molecule has 0 aromatic heterocycles. The van der Waals surface area contributed by atoms with Gasteiger partial charge in [-0.15, -0.1) is 16.7 Å². The summed E-state index contributed by atoms with van der Waals surface area (Å²) in [5, 5.41) is 7.04. The van der Waals surface area contributed by atoms with Crippen molar-refractivity contribution in [1.29, 1.82) is 0 Å². The lowest BCUT2D eigenvalue weighted by Crippen LogP contribution is -2.31. The van der Waals surface area contributed by atoms with Crippen molar-refractivity contribution >= 4 is 11.6 Å². The van der Waals surface area contributed by atoms with Gasteiger partial charge in [-0.05, 0) is 0 Å². The van der Waals surface area contributed by atoms with Crippen molar-refractivity contribution in [3.05, 3.63) is 0 Å². The Kier molecular flexibility index (Phi) is 1.43. The molecule has 0 fully saturated rings. The number of nitrogens with one attached hydrogen (secondary N) is 2. The first-order valence-corrected chi connectivity index (χ1v) is 2.43. The van der Waals surface area contributed by atoms with E-state index in [-0.39, 0.29) is 6.17 Å². The van der Waals surface area contributed by atoms with Crippen LogP contribution in [0.25, 0.3) is 0 Å². The summed E-state index contributed by atoms with van der Waals surface area (Å²) in [5.74, 6) is 0.455. The van der Waals surface area contributed by atoms with E-state index in [0.717, 1.165) is 0 Å². The summed E-state index contributed by atoms with van der Waals surface area (Å²) in [7, 11) is 0. The fourth-order valence-corrected chi connectivity index (χ4v) is 0.439. The minimum absolute atomic E-state index is 0.0401. The number of alkyl halides is 1. The van der Waals surface area contributed by atoms with E-state index in [1.54, 1.807) is 0 Å². The van der Waals surface area contributed by atoms with Crippen LogP contribution in [0.5, 0.6) is 0 Å². The normalized spacial score (nSPS) is 27.9. The minimum atomic E-state index is -0.0401. The van der Waals surface area contributed by atoms with Crippen molar-refractivity contribution in [2.75, 3.05) is 5.88 Å². The van der Waals surface area contributed by atoms with Crippen molar-refractivity contribution in [2.45, 2.75) is 6.17 Å². The van der Waals surface area contributed by atoms with Gasteiger partial charge in [0, 0.05) is 0 Å². The highest BCUT2D eigenvalue weighted by Gasteiger charge is 2.06. The zero-order chi connectivity index (χ0) is 5.11. The fraction of sp³-hybridized carbons (Fsp3) is 1.00. The summed E-state index contributed by atoms with van der Waals surface area (Å²) in [6.45, 7) is 0. The second-order valence-electron chi connectivity index (χ2n) is 1.14. The highest BCUT2D eigenvalue weighted by molar-refractivity contribution is 6.18. The molecule has 7 heavy (non-hydrogen) atoms. The van der Waals surface area contributed by atoms with Gasteiger partial charge < -0.3 is 0 Å². The third-order valence-electron chi connectivity index (χ3n) is 0.624. The number of rotatable bonds is 1. The van der Waals surface area contributed by atoms with Crippen molar-refractivity contribution in [2.24, 2.45) is 10.3 Å². The summed E-state index contributed by atoms with van der Waals surface area (Å²) >= 11 is 5.35. The van der Waals surface area contributed by atoms with Crippen LogP contribution in [-0.4, -0.2) is 12.0 Å². The summed E-state index contributed by atoms with van der Waals surface area (Å²) in [6.07, 6.45) is -0.0401. The molecule has 1 aliphatic rings. The van der Waals surface area contributed by atoms with E-state index in [4.69, 9.17) is 11.6 Å². The lowest BCUT2D eigenvalue weighted by atomic mass is 10.6. The third kappa shape index (κ3) is 1.01. The van der Waals surface area contributed by atoms with Gasteiger partial charge in [0.15, 0.2) is 6.17 Å². The van der Waals surface area contributed by atoms with Gasteiger partial charge >= 0.3 is 0 Å². The summed E-state index contributed by atoms with van der Waals surface area (Å²) in [6, 6.07) is 0. The van der Waals surface area contributed by atoms with Crippen LogP contribution in [0.2, 0.25) is 0 Å². The Morgan fingerprint density at radius 3 is 2.86 bits per heavy atom. The first-order valence-electron chi connectivity index (χ1n) is 1.90. The molecule has 1 heterocycles. The zero-order valence-corrected chi connectivity index (χ0v) is 4.31. The van der Waals surface area contributed by atoms with Gasteiger partial charge in [-0.25, -0.2) is 5.53 Å². The predicted octanol–water partition coefficient (Wildman–Crippen LogP) is 0.0263. The fourth-order valence-electron chi connectivity index (χ4n) is 0.300. The van der Waals surface area contributed by atoms with Crippen LogP contribution >= 0.6 is 11.6 Å². The molecule has 0 aromatic rings. The van der Waals surface area contributed by atoms with Crippen LogP contribution in [0, 0.1) is 0 Å². The van der Waals surface area contributed by atoms with E-state index in [0.29, 0.717) is 5.88 Å². The van der Waals surface area contributed by atoms with E-state index in [9.17, 15) is 0 Å². The van der Waals surface area contributed by atoms with Crippen LogP contribution < -0.4 is 11.0 Å². The lowest BCUT2D eigenvalue weighted by molar-refractivity contribution is 0.567. The standard InChI is InChI=1S/C2H5ClN4/c3-1-2-4-6-7-5-2/h2H,1H2,(H,4,7)(H,5,6). The molecule has 1 atom stereocenters. The van der Waals surface area contributed by atoms with E-state index < -0.39 is 0 Å². The molecule has 0 saturated heterocycles. The molecule has 0 spiro atoms. The van der Waals surface area contributed by atoms with E-state index >= 15 is 0 Å². The first kappa shape index (κ1) is 4.80. The summed E-state index contributed by atoms with van der Waals surface area (Å²) in [4.78, 5) is 0. The van der Waals surface area contributed by atoms with Crippen molar-refractivity contribution in [3.8, 4) is 0 Å².